The maximum atomic E-state index is 13.0. The van der Waals surface area contributed by atoms with Gasteiger partial charge in [0.05, 0.1) is 11.0 Å². The molecular formula is C11H14FNO3S. The number of sulfonamides is 1. The van der Waals surface area contributed by atoms with E-state index in [2.05, 4.69) is 0 Å². The Morgan fingerprint density at radius 2 is 2.18 bits per heavy atom. The van der Waals surface area contributed by atoms with Crippen LogP contribution in [0.15, 0.2) is 29.2 Å². The standard InChI is InChI=1S/C11H14FNO3S/c12-9-3-1-5-11(7-9)17(15,16)13-6-2-4-10(14)8-13/h1,3,5,7,10,14H,2,4,6,8H2/t10-/m0/s1. The maximum Gasteiger partial charge on any atom is 0.243 e. The highest BCUT2D eigenvalue weighted by Crippen LogP contribution is 2.21. The monoisotopic (exact) mass is 259 g/mol. The first-order valence-corrected chi connectivity index (χ1v) is 6.88. The van der Waals surface area contributed by atoms with E-state index in [0.717, 1.165) is 6.07 Å². The molecule has 94 valence electrons. The molecule has 1 aliphatic rings. The van der Waals surface area contributed by atoms with Crippen LogP contribution in [0.4, 0.5) is 4.39 Å². The number of aliphatic hydroxyl groups is 1. The minimum absolute atomic E-state index is 0.0633. The van der Waals surface area contributed by atoms with Gasteiger partial charge in [-0.1, -0.05) is 6.07 Å². The number of aliphatic hydroxyl groups excluding tert-OH is 1. The van der Waals surface area contributed by atoms with Crippen LogP contribution in [0.5, 0.6) is 0 Å². The summed E-state index contributed by atoms with van der Waals surface area (Å²) in [6, 6.07) is 4.92. The number of rotatable bonds is 2. The zero-order valence-corrected chi connectivity index (χ0v) is 10.0. The number of piperidine rings is 1. The van der Waals surface area contributed by atoms with Crippen molar-refractivity contribution in [3.05, 3.63) is 30.1 Å². The van der Waals surface area contributed by atoms with Gasteiger partial charge in [-0.15, -0.1) is 0 Å². The highest BCUT2D eigenvalue weighted by atomic mass is 32.2. The van der Waals surface area contributed by atoms with E-state index >= 15 is 0 Å². The van der Waals surface area contributed by atoms with Crippen LogP contribution in [0.1, 0.15) is 12.8 Å². The molecule has 0 amide bonds. The summed E-state index contributed by atoms with van der Waals surface area (Å²) in [5.74, 6) is -0.580. The van der Waals surface area contributed by atoms with Crippen molar-refractivity contribution in [3.8, 4) is 0 Å². The Labute approximate surface area is 99.7 Å². The van der Waals surface area contributed by atoms with Crippen molar-refractivity contribution in [2.75, 3.05) is 13.1 Å². The van der Waals surface area contributed by atoms with E-state index in [0.29, 0.717) is 19.4 Å². The van der Waals surface area contributed by atoms with Gasteiger partial charge >= 0.3 is 0 Å². The second kappa shape index (κ2) is 4.72. The molecule has 1 aliphatic heterocycles. The van der Waals surface area contributed by atoms with Crippen LogP contribution in [0.2, 0.25) is 0 Å². The van der Waals surface area contributed by atoms with Gasteiger partial charge in [-0.25, -0.2) is 12.8 Å². The molecule has 6 heteroatoms. The molecule has 0 unspecified atom stereocenters. The predicted octanol–water partition coefficient (Wildman–Crippen LogP) is 0.971. The second-order valence-electron chi connectivity index (χ2n) is 4.12. The number of benzene rings is 1. The summed E-state index contributed by atoms with van der Waals surface area (Å²) in [4.78, 5) is -0.0633. The van der Waals surface area contributed by atoms with E-state index in [4.69, 9.17) is 0 Å². The summed E-state index contributed by atoms with van der Waals surface area (Å²) >= 11 is 0. The summed E-state index contributed by atoms with van der Waals surface area (Å²) in [6.45, 7) is 0.453. The largest absolute Gasteiger partial charge is 0.392 e. The Bertz CT molecular complexity index is 503. The van der Waals surface area contributed by atoms with E-state index < -0.39 is 21.9 Å². The molecule has 4 nitrogen and oxygen atoms in total. The normalized spacial score (nSPS) is 22.6. The zero-order chi connectivity index (χ0) is 12.5. The molecule has 0 saturated carbocycles. The first-order valence-electron chi connectivity index (χ1n) is 5.44. The maximum absolute atomic E-state index is 13.0. The van der Waals surface area contributed by atoms with Gasteiger partial charge in [0, 0.05) is 13.1 Å². The quantitative estimate of drug-likeness (QED) is 0.861. The lowest BCUT2D eigenvalue weighted by Gasteiger charge is -2.29. The third kappa shape index (κ3) is 2.65. The lowest BCUT2D eigenvalue weighted by molar-refractivity contribution is 0.108. The molecule has 1 N–H and O–H groups in total. The molecule has 0 spiro atoms. The molecule has 17 heavy (non-hydrogen) atoms. The van der Waals surface area contributed by atoms with Crippen molar-refractivity contribution < 1.29 is 17.9 Å². The number of β-amino-alcohol motifs (C(OH)–C–C–N with tert-alkyl or cyclic N) is 1. The Morgan fingerprint density at radius 3 is 2.82 bits per heavy atom. The van der Waals surface area contributed by atoms with Gasteiger partial charge in [0.15, 0.2) is 0 Å². The van der Waals surface area contributed by atoms with Crippen molar-refractivity contribution in [1.29, 1.82) is 0 Å². The lowest BCUT2D eigenvalue weighted by atomic mass is 10.1. The topological polar surface area (TPSA) is 57.6 Å². The summed E-state index contributed by atoms with van der Waals surface area (Å²) in [5, 5.41) is 9.46. The molecule has 0 aromatic heterocycles. The Hall–Kier alpha value is -0.980. The number of hydrogen-bond acceptors (Lipinski definition) is 3. The molecule has 2 rings (SSSR count). The Morgan fingerprint density at radius 1 is 1.41 bits per heavy atom. The SMILES string of the molecule is O=S(=O)(c1cccc(F)c1)N1CCC[C@H](O)C1. The average Bonchev–Trinajstić information content (AvgIpc) is 2.29. The molecule has 1 aromatic rings. The van der Waals surface area contributed by atoms with Crippen molar-refractivity contribution in [2.45, 2.75) is 23.8 Å². The number of nitrogens with zero attached hydrogens (tertiary/aromatic N) is 1. The minimum atomic E-state index is -3.68. The molecule has 1 aromatic carbocycles. The van der Waals surface area contributed by atoms with Gasteiger partial charge in [0.25, 0.3) is 0 Å². The average molecular weight is 259 g/mol. The molecule has 1 atom stereocenters. The molecule has 0 aliphatic carbocycles. The highest BCUT2D eigenvalue weighted by molar-refractivity contribution is 7.89. The summed E-state index contributed by atoms with van der Waals surface area (Å²) < 4.78 is 38.5. The van der Waals surface area contributed by atoms with E-state index in [1.165, 1.54) is 22.5 Å². The van der Waals surface area contributed by atoms with Crippen LogP contribution >= 0.6 is 0 Å². The van der Waals surface area contributed by atoms with Crippen LogP contribution in [0, 0.1) is 5.82 Å². The first kappa shape index (κ1) is 12.5. The van der Waals surface area contributed by atoms with E-state index in [9.17, 15) is 17.9 Å². The van der Waals surface area contributed by atoms with Crippen molar-refractivity contribution in [1.82, 2.24) is 4.31 Å². The molecule has 1 heterocycles. The fourth-order valence-electron chi connectivity index (χ4n) is 1.92. The molecule has 0 radical (unpaired) electrons. The van der Waals surface area contributed by atoms with Crippen LogP contribution in [-0.4, -0.2) is 37.0 Å². The van der Waals surface area contributed by atoms with Crippen molar-refractivity contribution >= 4 is 10.0 Å². The van der Waals surface area contributed by atoms with E-state index in [1.807, 2.05) is 0 Å². The van der Waals surface area contributed by atoms with E-state index in [-0.39, 0.29) is 11.4 Å². The van der Waals surface area contributed by atoms with Crippen molar-refractivity contribution in [3.63, 3.8) is 0 Å². The summed E-state index contributed by atoms with van der Waals surface area (Å²) in [5.41, 5.74) is 0. The fourth-order valence-corrected chi connectivity index (χ4v) is 3.46. The van der Waals surface area contributed by atoms with Crippen molar-refractivity contribution in [2.24, 2.45) is 0 Å². The van der Waals surface area contributed by atoms with Crippen LogP contribution in [-0.2, 0) is 10.0 Å². The summed E-state index contributed by atoms with van der Waals surface area (Å²) in [6.07, 6.45) is 0.595. The molecule has 1 saturated heterocycles. The highest BCUT2D eigenvalue weighted by Gasteiger charge is 2.29. The van der Waals surface area contributed by atoms with Gasteiger partial charge in [-0.05, 0) is 31.0 Å². The van der Waals surface area contributed by atoms with Gasteiger partial charge in [0.1, 0.15) is 5.82 Å². The predicted molar refractivity (Wildman–Crippen MR) is 60.4 cm³/mol. The third-order valence-corrected chi connectivity index (χ3v) is 4.65. The Balaban J connectivity index is 2.29. The lowest BCUT2D eigenvalue weighted by Crippen LogP contribution is -2.42. The van der Waals surface area contributed by atoms with Crippen LogP contribution < -0.4 is 0 Å². The van der Waals surface area contributed by atoms with Gasteiger partial charge in [-0.2, -0.15) is 4.31 Å². The molecule has 1 fully saturated rings. The molecular weight excluding hydrogens is 245 g/mol. The van der Waals surface area contributed by atoms with Gasteiger partial charge < -0.3 is 5.11 Å². The fraction of sp³-hybridized carbons (Fsp3) is 0.455. The Kier molecular flexibility index (Phi) is 3.46. The smallest absolute Gasteiger partial charge is 0.243 e. The van der Waals surface area contributed by atoms with Crippen LogP contribution in [0.3, 0.4) is 0 Å². The number of halogens is 1. The first-order chi connectivity index (χ1) is 8.00. The van der Waals surface area contributed by atoms with E-state index in [1.54, 1.807) is 0 Å². The molecule has 0 bridgehead atoms. The van der Waals surface area contributed by atoms with Gasteiger partial charge in [-0.3, -0.25) is 0 Å². The number of hydrogen-bond donors (Lipinski definition) is 1. The summed E-state index contributed by atoms with van der Waals surface area (Å²) in [7, 11) is -3.68. The van der Waals surface area contributed by atoms with Crippen LogP contribution in [0.25, 0.3) is 0 Å². The third-order valence-electron chi connectivity index (χ3n) is 2.79. The zero-order valence-electron chi connectivity index (χ0n) is 9.21. The second-order valence-corrected chi connectivity index (χ2v) is 6.05. The minimum Gasteiger partial charge on any atom is -0.392 e. The van der Waals surface area contributed by atoms with Gasteiger partial charge in [0.2, 0.25) is 10.0 Å².